The Balaban J connectivity index is 1.02. The predicted molar refractivity (Wildman–Crippen MR) is 218 cm³/mol. The van der Waals surface area contributed by atoms with E-state index >= 15 is 0 Å². The van der Waals surface area contributed by atoms with Crippen LogP contribution < -0.4 is 29.0 Å². The maximum absolute atomic E-state index is 13.0. The van der Waals surface area contributed by atoms with Crippen LogP contribution in [-0.4, -0.2) is 73.4 Å². The van der Waals surface area contributed by atoms with Crippen LogP contribution in [0.5, 0.6) is 28.7 Å². The lowest BCUT2D eigenvalue weighted by molar-refractivity contribution is -0.138. The molecule has 308 valence electrons. The standard InChI is InChI=1S/C46H53NO11/c1-46(2,58-45(52)47-19-6-4-3-5-9-32-10-7-11-38(37(32)15-18-44(50)51)53-20-8-12-43(48)49)30-31-25-35(33-13-16-39-41(28-33)56-23-21-54-39)27-36(26-31)34-14-17-40-42(29-34)57-24-22-55-40/h7,10-11,13-14,16-17,25-29H,3-6,8-9,12,15,18-24,30H2,1-2H3,(H,47,52)(H,48,49)(H,50,51). The molecular weight excluding hydrogens is 743 g/mol. The molecule has 0 fully saturated rings. The molecule has 0 aromatic heterocycles. The number of ether oxygens (including phenoxy) is 6. The van der Waals surface area contributed by atoms with Crippen LogP contribution in [0.4, 0.5) is 4.79 Å². The van der Waals surface area contributed by atoms with Gasteiger partial charge in [-0.3, -0.25) is 9.59 Å². The van der Waals surface area contributed by atoms with E-state index < -0.39 is 23.6 Å². The lowest BCUT2D eigenvalue weighted by Crippen LogP contribution is -2.36. The third-order valence-electron chi connectivity index (χ3n) is 10.00. The second kappa shape index (κ2) is 20.0. The first-order valence-electron chi connectivity index (χ1n) is 20.1. The SMILES string of the molecule is CC(C)(Cc1cc(-c2ccc3c(c2)OCCO3)cc(-c2ccc3c(c2)OCCO3)c1)OC(=O)NCCCCCCc1cccc(OCCCC(=O)O)c1CCC(=O)O. The van der Waals surface area contributed by atoms with Gasteiger partial charge in [-0.15, -0.1) is 0 Å². The zero-order valence-corrected chi connectivity index (χ0v) is 33.3. The highest BCUT2D eigenvalue weighted by Crippen LogP contribution is 2.39. The number of alkyl carbamates (subject to hydrolysis) is 1. The lowest BCUT2D eigenvalue weighted by Gasteiger charge is -2.26. The zero-order chi connectivity index (χ0) is 40.9. The maximum atomic E-state index is 13.0. The highest BCUT2D eigenvalue weighted by atomic mass is 16.6. The van der Waals surface area contributed by atoms with Crippen molar-refractivity contribution in [1.82, 2.24) is 5.32 Å². The van der Waals surface area contributed by atoms with Crippen molar-refractivity contribution in [1.29, 1.82) is 0 Å². The van der Waals surface area contributed by atoms with E-state index in [0.29, 0.717) is 69.5 Å². The summed E-state index contributed by atoms with van der Waals surface area (Å²) in [4.78, 5) is 35.2. The van der Waals surface area contributed by atoms with Crippen molar-refractivity contribution >= 4 is 18.0 Å². The Morgan fingerprint density at radius 2 is 1.26 bits per heavy atom. The Morgan fingerprint density at radius 1 is 0.655 bits per heavy atom. The molecule has 58 heavy (non-hydrogen) atoms. The van der Waals surface area contributed by atoms with Crippen LogP contribution >= 0.6 is 0 Å². The molecule has 12 nitrogen and oxygen atoms in total. The Morgan fingerprint density at radius 3 is 1.88 bits per heavy atom. The number of rotatable bonds is 20. The number of carboxylic acids is 2. The van der Waals surface area contributed by atoms with Crippen molar-refractivity contribution in [2.75, 3.05) is 39.6 Å². The minimum absolute atomic E-state index is 0.0118. The molecule has 2 aliphatic rings. The third-order valence-corrected chi connectivity index (χ3v) is 10.00. The summed E-state index contributed by atoms with van der Waals surface area (Å²) in [5.74, 6) is 1.72. The molecule has 0 unspecified atom stereocenters. The first kappa shape index (κ1) is 41.7. The van der Waals surface area contributed by atoms with E-state index in [9.17, 15) is 19.5 Å². The van der Waals surface area contributed by atoms with Crippen LogP contribution in [0, 0.1) is 0 Å². The first-order valence-corrected chi connectivity index (χ1v) is 20.1. The average Bonchev–Trinajstić information content (AvgIpc) is 3.20. The van der Waals surface area contributed by atoms with Gasteiger partial charge in [-0.2, -0.15) is 0 Å². The van der Waals surface area contributed by atoms with Gasteiger partial charge in [-0.05, 0) is 121 Å². The number of carbonyl (C=O) groups is 3. The van der Waals surface area contributed by atoms with E-state index in [1.54, 1.807) is 0 Å². The Labute approximate surface area is 339 Å². The minimum Gasteiger partial charge on any atom is -0.493 e. The number of nitrogens with one attached hydrogen (secondary N) is 1. The number of hydrogen-bond acceptors (Lipinski definition) is 9. The summed E-state index contributed by atoms with van der Waals surface area (Å²) in [6, 6.07) is 24.0. The highest BCUT2D eigenvalue weighted by molar-refractivity contribution is 5.77. The fraction of sp³-hybridized carbons (Fsp3) is 0.413. The molecule has 0 aliphatic carbocycles. The number of aliphatic carboxylic acids is 2. The van der Waals surface area contributed by atoms with E-state index in [-0.39, 0.29) is 19.4 Å². The molecule has 0 saturated heterocycles. The van der Waals surface area contributed by atoms with Crippen LogP contribution in [-0.2, 0) is 33.6 Å². The third kappa shape index (κ3) is 12.0. The summed E-state index contributed by atoms with van der Waals surface area (Å²) in [5, 5.41) is 21.1. The minimum atomic E-state index is -0.884. The molecule has 1 amide bonds. The lowest BCUT2D eigenvalue weighted by atomic mass is 9.91. The summed E-state index contributed by atoms with van der Waals surface area (Å²) in [7, 11) is 0. The summed E-state index contributed by atoms with van der Waals surface area (Å²) in [6.07, 6.45) is 4.97. The van der Waals surface area contributed by atoms with Crippen LogP contribution in [0.1, 0.15) is 75.5 Å². The fourth-order valence-corrected chi connectivity index (χ4v) is 7.27. The fourth-order valence-electron chi connectivity index (χ4n) is 7.27. The molecule has 4 aromatic rings. The number of benzene rings is 4. The van der Waals surface area contributed by atoms with Gasteiger partial charge >= 0.3 is 18.0 Å². The Hall–Kier alpha value is -5.91. The second-order valence-electron chi connectivity index (χ2n) is 15.2. The van der Waals surface area contributed by atoms with E-state index in [4.69, 9.17) is 33.5 Å². The first-order chi connectivity index (χ1) is 28.0. The van der Waals surface area contributed by atoms with Gasteiger partial charge in [0.15, 0.2) is 23.0 Å². The van der Waals surface area contributed by atoms with Crippen LogP contribution in [0.2, 0.25) is 0 Å². The van der Waals surface area contributed by atoms with Crippen molar-refractivity contribution in [2.45, 2.75) is 83.7 Å². The van der Waals surface area contributed by atoms with Gasteiger partial charge in [-0.25, -0.2) is 4.79 Å². The molecule has 0 atom stereocenters. The molecule has 2 heterocycles. The number of aryl methyl sites for hydroxylation is 1. The molecule has 3 N–H and O–H groups in total. The number of hydrogen-bond donors (Lipinski definition) is 3. The summed E-state index contributed by atoms with van der Waals surface area (Å²) in [5.41, 5.74) is 6.02. The molecule has 6 rings (SSSR count). The van der Waals surface area contributed by atoms with Gasteiger partial charge in [-0.1, -0.05) is 49.2 Å². The molecule has 0 spiro atoms. The maximum Gasteiger partial charge on any atom is 0.407 e. The number of unbranched alkanes of at least 4 members (excludes halogenated alkanes) is 3. The zero-order valence-electron chi connectivity index (χ0n) is 33.3. The topological polar surface area (TPSA) is 159 Å². The van der Waals surface area contributed by atoms with Crippen molar-refractivity contribution in [3.05, 3.63) is 89.5 Å². The predicted octanol–water partition coefficient (Wildman–Crippen LogP) is 8.67. The van der Waals surface area contributed by atoms with E-state index in [1.165, 1.54) is 0 Å². The van der Waals surface area contributed by atoms with Crippen molar-refractivity contribution in [3.63, 3.8) is 0 Å². The number of amides is 1. The Bertz CT molecular complexity index is 1980. The van der Waals surface area contributed by atoms with Crippen LogP contribution in [0.25, 0.3) is 22.3 Å². The number of carboxylic acid groups (broad SMARTS) is 2. The summed E-state index contributed by atoms with van der Waals surface area (Å²) in [6.45, 7) is 6.58. The normalized spacial score (nSPS) is 13.1. The van der Waals surface area contributed by atoms with E-state index in [2.05, 4.69) is 23.5 Å². The molecule has 12 heteroatoms. The largest absolute Gasteiger partial charge is 0.493 e. The van der Waals surface area contributed by atoms with Gasteiger partial charge < -0.3 is 44.0 Å². The van der Waals surface area contributed by atoms with Crippen LogP contribution in [0.15, 0.2) is 72.8 Å². The number of carbonyl (C=O) groups excluding carboxylic acids is 1. The van der Waals surface area contributed by atoms with Crippen molar-refractivity contribution in [3.8, 4) is 51.0 Å². The van der Waals surface area contributed by atoms with Gasteiger partial charge in [0.2, 0.25) is 0 Å². The van der Waals surface area contributed by atoms with Gasteiger partial charge in [0.1, 0.15) is 37.8 Å². The Kier molecular flexibility index (Phi) is 14.4. The molecule has 0 radical (unpaired) electrons. The van der Waals surface area contributed by atoms with Crippen molar-refractivity contribution < 1.29 is 53.0 Å². The smallest absolute Gasteiger partial charge is 0.407 e. The van der Waals surface area contributed by atoms with Gasteiger partial charge in [0.05, 0.1) is 6.61 Å². The molecule has 0 saturated carbocycles. The second-order valence-corrected chi connectivity index (χ2v) is 15.2. The summed E-state index contributed by atoms with van der Waals surface area (Å²) >= 11 is 0. The van der Waals surface area contributed by atoms with E-state index in [1.807, 2.05) is 68.4 Å². The number of fused-ring (bicyclic) bond motifs is 2. The summed E-state index contributed by atoms with van der Waals surface area (Å²) < 4.78 is 35.1. The van der Waals surface area contributed by atoms with Crippen LogP contribution in [0.3, 0.4) is 0 Å². The quantitative estimate of drug-likeness (QED) is 0.0735. The molecule has 2 aliphatic heterocycles. The monoisotopic (exact) mass is 795 g/mol. The molecule has 0 bridgehead atoms. The van der Waals surface area contributed by atoms with Gasteiger partial charge in [0.25, 0.3) is 0 Å². The average molecular weight is 796 g/mol. The van der Waals surface area contributed by atoms with Gasteiger partial charge in [0, 0.05) is 25.8 Å². The highest BCUT2D eigenvalue weighted by Gasteiger charge is 2.25. The van der Waals surface area contributed by atoms with Crippen molar-refractivity contribution in [2.24, 2.45) is 0 Å². The van der Waals surface area contributed by atoms with E-state index in [0.717, 1.165) is 82.5 Å². The molecular formula is C46H53NO11. The molecule has 4 aromatic carbocycles.